The zero-order valence-corrected chi connectivity index (χ0v) is 22.6. The second-order valence-electron chi connectivity index (χ2n) is 11.2. The maximum atomic E-state index is 14.5. The Morgan fingerprint density at radius 2 is 0.976 bits per heavy atom. The lowest BCUT2D eigenvalue weighted by Gasteiger charge is -2.30. The monoisotopic (exact) mass is 543 g/mol. The minimum atomic E-state index is -3.85. The van der Waals surface area contributed by atoms with Crippen LogP contribution in [-0.4, -0.2) is 12.4 Å². The average Bonchev–Trinajstić information content (AvgIpc) is 3.63. The largest absolute Gasteiger partial charge is 0.269 e. The van der Waals surface area contributed by atoms with E-state index in [4.69, 9.17) is 0 Å². The maximum absolute atomic E-state index is 14.5. The van der Waals surface area contributed by atoms with Crippen LogP contribution in [-0.2, 0) is 15.4 Å². The van der Waals surface area contributed by atoms with Crippen LogP contribution in [0.1, 0.15) is 22.3 Å². The molecule has 0 saturated heterocycles. The van der Waals surface area contributed by atoms with Crippen molar-refractivity contribution in [1.82, 2.24) is 3.97 Å². The van der Waals surface area contributed by atoms with E-state index in [9.17, 15) is 8.42 Å². The van der Waals surface area contributed by atoms with Gasteiger partial charge in [-0.05, 0) is 45.0 Å². The van der Waals surface area contributed by atoms with Crippen LogP contribution in [0.5, 0.6) is 0 Å². The molecule has 3 aliphatic rings. The van der Waals surface area contributed by atoms with Crippen molar-refractivity contribution < 1.29 is 8.42 Å². The Kier molecular flexibility index (Phi) is 3.75. The van der Waals surface area contributed by atoms with E-state index in [0.29, 0.717) is 4.90 Å². The normalized spacial score (nSPS) is 15.9. The summed E-state index contributed by atoms with van der Waals surface area (Å²) < 4.78 is 30.7. The van der Waals surface area contributed by atoms with Crippen LogP contribution in [0.25, 0.3) is 55.2 Å². The molecule has 0 radical (unpaired) electrons. The molecule has 1 aliphatic heterocycles. The van der Waals surface area contributed by atoms with E-state index < -0.39 is 15.4 Å². The number of nitrogens with zero attached hydrogens (tertiary/aromatic N) is 1. The van der Waals surface area contributed by atoms with E-state index in [-0.39, 0.29) is 0 Å². The molecule has 0 saturated carbocycles. The van der Waals surface area contributed by atoms with Crippen molar-refractivity contribution >= 4 is 31.8 Å². The lowest BCUT2D eigenvalue weighted by molar-refractivity contribution is 0.590. The molecule has 10 rings (SSSR count). The molecule has 0 fully saturated rings. The van der Waals surface area contributed by atoms with Crippen molar-refractivity contribution in [2.75, 3.05) is 0 Å². The van der Waals surface area contributed by atoms with Crippen molar-refractivity contribution in [2.24, 2.45) is 0 Å². The lowest BCUT2D eigenvalue weighted by atomic mass is 9.70. The molecular formula is C37H21NO2S. The van der Waals surface area contributed by atoms with Crippen LogP contribution < -0.4 is 0 Å². The molecule has 2 aliphatic carbocycles. The van der Waals surface area contributed by atoms with E-state index in [1.165, 1.54) is 27.8 Å². The van der Waals surface area contributed by atoms with Gasteiger partial charge in [0.1, 0.15) is 0 Å². The summed E-state index contributed by atoms with van der Waals surface area (Å²) in [4.78, 5) is 0.354. The van der Waals surface area contributed by atoms with Crippen LogP contribution in [0, 0.1) is 0 Å². The van der Waals surface area contributed by atoms with Crippen LogP contribution in [0.15, 0.2) is 132 Å². The molecule has 1 aromatic heterocycles. The summed E-state index contributed by atoms with van der Waals surface area (Å²) in [5, 5.41) is 1.92. The second kappa shape index (κ2) is 7.03. The van der Waals surface area contributed by atoms with Gasteiger partial charge in [0.05, 0.1) is 21.3 Å². The Hall–Kier alpha value is -4.93. The summed E-state index contributed by atoms with van der Waals surface area (Å²) in [7, 11) is -3.85. The third-order valence-electron chi connectivity index (χ3n) is 9.56. The van der Waals surface area contributed by atoms with Gasteiger partial charge in [-0.3, -0.25) is 0 Å². The van der Waals surface area contributed by atoms with Crippen LogP contribution in [0.3, 0.4) is 0 Å². The summed E-state index contributed by atoms with van der Waals surface area (Å²) in [6.45, 7) is 0. The fourth-order valence-electron chi connectivity index (χ4n) is 8.15. The van der Waals surface area contributed by atoms with E-state index in [2.05, 4.69) is 91.0 Å². The molecule has 0 unspecified atom stereocenters. The topological polar surface area (TPSA) is 39.1 Å². The Bertz CT molecular complexity index is 2400. The highest BCUT2D eigenvalue weighted by molar-refractivity contribution is 7.90. The number of para-hydroxylation sites is 1. The van der Waals surface area contributed by atoms with Crippen LogP contribution in [0.2, 0.25) is 0 Å². The summed E-state index contributed by atoms with van der Waals surface area (Å²) in [5.41, 5.74) is 12.1. The minimum absolute atomic E-state index is 0.354. The molecule has 2 heterocycles. The molecule has 7 aromatic rings. The number of hydrogen-bond donors (Lipinski definition) is 0. The van der Waals surface area contributed by atoms with Crippen LogP contribution >= 0.6 is 0 Å². The quantitative estimate of drug-likeness (QED) is 0.193. The summed E-state index contributed by atoms with van der Waals surface area (Å²) in [5.74, 6) is 0. The first-order chi connectivity index (χ1) is 20.1. The molecule has 1 spiro atoms. The van der Waals surface area contributed by atoms with Gasteiger partial charge in [0, 0.05) is 27.5 Å². The van der Waals surface area contributed by atoms with Gasteiger partial charge in [0.2, 0.25) is 0 Å². The highest BCUT2D eigenvalue weighted by Gasteiger charge is 2.52. The number of hydrogen-bond acceptors (Lipinski definition) is 2. The number of benzene rings is 6. The zero-order valence-electron chi connectivity index (χ0n) is 21.8. The van der Waals surface area contributed by atoms with Gasteiger partial charge in [-0.15, -0.1) is 0 Å². The van der Waals surface area contributed by atoms with Crippen molar-refractivity contribution in [1.29, 1.82) is 0 Å². The molecule has 6 aromatic carbocycles. The lowest BCUT2D eigenvalue weighted by Crippen LogP contribution is -2.25. The first kappa shape index (κ1) is 21.8. The van der Waals surface area contributed by atoms with Crippen molar-refractivity contribution in [3.8, 4) is 33.4 Å². The van der Waals surface area contributed by atoms with Gasteiger partial charge < -0.3 is 0 Å². The van der Waals surface area contributed by atoms with Crippen molar-refractivity contribution in [3.05, 3.63) is 150 Å². The van der Waals surface area contributed by atoms with Gasteiger partial charge in [-0.1, -0.05) is 121 Å². The first-order valence-corrected chi connectivity index (χ1v) is 15.3. The number of fused-ring (bicyclic) bond motifs is 16. The van der Waals surface area contributed by atoms with Gasteiger partial charge >= 0.3 is 0 Å². The van der Waals surface area contributed by atoms with Crippen molar-refractivity contribution in [2.45, 2.75) is 10.3 Å². The minimum Gasteiger partial charge on any atom is -0.232 e. The zero-order chi connectivity index (χ0) is 27.1. The van der Waals surface area contributed by atoms with Crippen molar-refractivity contribution in [3.63, 3.8) is 0 Å². The van der Waals surface area contributed by atoms with Crippen LogP contribution in [0.4, 0.5) is 0 Å². The molecule has 0 atom stereocenters. The maximum Gasteiger partial charge on any atom is 0.269 e. The highest BCUT2D eigenvalue weighted by Crippen LogP contribution is 2.64. The predicted molar refractivity (Wildman–Crippen MR) is 164 cm³/mol. The van der Waals surface area contributed by atoms with E-state index in [1.54, 1.807) is 10.0 Å². The van der Waals surface area contributed by atoms with E-state index in [0.717, 1.165) is 49.6 Å². The molecule has 41 heavy (non-hydrogen) atoms. The Balaban J connectivity index is 1.47. The number of rotatable bonds is 0. The van der Waals surface area contributed by atoms with E-state index >= 15 is 0 Å². The Morgan fingerprint density at radius 3 is 1.68 bits per heavy atom. The highest BCUT2D eigenvalue weighted by atomic mass is 32.2. The Morgan fingerprint density at radius 1 is 0.439 bits per heavy atom. The standard InChI is InChI=1S/C37H21NO2S/c39-41(40)33-19-8-4-12-24(33)25-14-9-15-26-27-20-21-32-34(36(27)38(41)35(25)26)28-13-3-7-18-31(28)37(32)29-16-5-1-10-22(29)23-11-2-6-17-30(23)37/h1-21H. The average molecular weight is 544 g/mol. The van der Waals surface area contributed by atoms with E-state index in [1.807, 2.05) is 30.3 Å². The predicted octanol–water partition coefficient (Wildman–Crippen LogP) is 8.36. The molecule has 192 valence electrons. The molecule has 3 nitrogen and oxygen atoms in total. The van der Waals surface area contributed by atoms with Gasteiger partial charge in [-0.2, -0.15) is 0 Å². The molecule has 0 bridgehead atoms. The fraction of sp³-hybridized carbons (Fsp3) is 0.0270. The SMILES string of the molecule is O=S1(=O)c2ccccc2-c2cccc3c4ccc5c(c4n1c23)-c1ccccc1C51c2ccccc2-c2ccccc21. The molecule has 0 amide bonds. The third kappa shape index (κ3) is 2.27. The molecular weight excluding hydrogens is 522 g/mol. The summed E-state index contributed by atoms with van der Waals surface area (Å²) >= 11 is 0. The van der Waals surface area contributed by atoms with Gasteiger partial charge in [0.15, 0.2) is 0 Å². The number of aromatic nitrogens is 1. The summed E-state index contributed by atoms with van der Waals surface area (Å²) in [6.07, 6.45) is 0. The van der Waals surface area contributed by atoms with Gasteiger partial charge in [0.25, 0.3) is 10.0 Å². The molecule has 4 heteroatoms. The molecule has 0 N–H and O–H groups in total. The smallest absolute Gasteiger partial charge is 0.232 e. The second-order valence-corrected chi connectivity index (χ2v) is 13.0. The fourth-order valence-corrected chi connectivity index (χ4v) is 9.92. The summed E-state index contributed by atoms with van der Waals surface area (Å²) in [6, 6.07) is 43.9. The third-order valence-corrected chi connectivity index (χ3v) is 11.3. The first-order valence-electron chi connectivity index (χ1n) is 13.9. The van der Waals surface area contributed by atoms with Gasteiger partial charge in [-0.25, -0.2) is 12.4 Å². The Labute approximate surface area is 237 Å².